The van der Waals surface area contributed by atoms with E-state index < -0.39 is 0 Å². The zero-order chi connectivity index (χ0) is 15.1. The largest absolute Gasteiger partial charge is 0.487 e. The van der Waals surface area contributed by atoms with Crippen molar-refractivity contribution in [1.29, 1.82) is 0 Å². The van der Waals surface area contributed by atoms with Crippen molar-refractivity contribution in [2.24, 2.45) is 0 Å². The molecule has 0 aliphatic heterocycles. The summed E-state index contributed by atoms with van der Waals surface area (Å²) in [6.07, 6.45) is 1.91. The molecule has 112 valence electrons. The molecule has 0 amide bonds. The van der Waals surface area contributed by atoms with Gasteiger partial charge in [0.25, 0.3) is 0 Å². The fourth-order valence-electron chi connectivity index (χ4n) is 2.16. The number of nitrogens with zero attached hydrogens (tertiary/aromatic N) is 1. The molecule has 0 saturated carbocycles. The molecule has 21 heavy (non-hydrogen) atoms. The smallest absolute Gasteiger partial charge is 0.130 e. The highest BCUT2D eigenvalue weighted by Gasteiger charge is 2.07. The molecule has 2 rings (SSSR count). The van der Waals surface area contributed by atoms with E-state index in [9.17, 15) is 0 Å². The van der Waals surface area contributed by atoms with Crippen molar-refractivity contribution in [1.82, 2.24) is 10.3 Å². The van der Waals surface area contributed by atoms with Crippen molar-refractivity contribution in [2.45, 2.75) is 39.8 Å². The summed E-state index contributed by atoms with van der Waals surface area (Å²) in [6.45, 7) is 8.79. The number of benzene rings is 1. The van der Waals surface area contributed by atoms with Gasteiger partial charge in [-0.2, -0.15) is 0 Å². The second-order valence-electron chi connectivity index (χ2n) is 5.42. The Balaban J connectivity index is 1.97. The average molecular weight is 284 g/mol. The molecule has 1 aromatic heterocycles. The van der Waals surface area contributed by atoms with Crippen LogP contribution in [0, 0.1) is 0 Å². The van der Waals surface area contributed by atoms with Crippen LogP contribution >= 0.6 is 0 Å². The van der Waals surface area contributed by atoms with Crippen LogP contribution in [-0.2, 0) is 13.2 Å². The van der Waals surface area contributed by atoms with Crippen LogP contribution in [0.2, 0.25) is 0 Å². The third-order valence-electron chi connectivity index (χ3n) is 3.38. The normalized spacial score (nSPS) is 10.9. The summed E-state index contributed by atoms with van der Waals surface area (Å²) >= 11 is 0. The first kappa shape index (κ1) is 15.5. The maximum absolute atomic E-state index is 5.93. The lowest BCUT2D eigenvalue weighted by Crippen LogP contribution is -2.12. The van der Waals surface area contributed by atoms with E-state index in [1.54, 1.807) is 0 Å². The number of rotatable bonds is 7. The standard InChI is InChI=1S/C18H24N2O/c1-4-19-11-15-9-10-16(20-12-15)13-21-18-8-6-5-7-17(18)14(2)3/h5-10,12,14,19H,4,11,13H2,1-3H3. The predicted molar refractivity (Wildman–Crippen MR) is 86.5 cm³/mol. The first-order chi connectivity index (χ1) is 10.2. The molecule has 1 N–H and O–H groups in total. The minimum atomic E-state index is 0.455. The van der Waals surface area contributed by atoms with E-state index >= 15 is 0 Å². The quantitative estimate of drug-likeness (QED) is 0.837. The Labute approximate surface area is 127 Å². The molecule has 2 aromatic rings. The van der Waals surface area contributed by atoms with E-state index in [1.807, 2.05) is 24.4 Å². The Kier molecular flexibility index (Phi) is 5.76. The van der Waals surface area contributed by atoms with E-state index in [-0.39, 0.29) is 0 Å². The Morgan fingerprint density at radius 3 is 2.62 bits per heavy atom. The van der Waals surface area contributed by atoms with Crippen molar-refractivity contribution in [3.8, 4) is 5.75 Å². The summed E-state index contributed by atoms with van der Waals surface area (Å²) in [7, 11) is 0. The minimum Gasteiger partial charge on any atom is -0.487 e. The van der Waals surface area contributed by atoms with Crippen LogP contribution in [-0.4, -0.2) is 11.5 Å². The highest BCUT2D eigenvalue weighted by Crippen LogP contribution is 2.26. The Hall–Kier alpha value is -1.87. The Bertz CT molecular complexity index is 549. The molecule has 0 aliphatic carbocycles. The first-order valence-electron chi connectivity index (χ1n) is 7.57. The third-order valence-corrected chi connectivity index (χ3v) is 3.38. The van der Waals surface area contributed by atoms with Gasteiger partial charge in [0.1, 0.15) is 12.4 Å². The summed E-state index contributed by atoms with van der Waals surface area (Å²) in [4.78, 5) is 4.46. The van der Waals surface area contributed by atoms with Crippen LogP contribution in [0.3, 0.4) is 0 Å². The van der Waals surface area contributed by atoms with Crippen LogP contribution in [0.5, 0.6) is 5.75 Å². The zero-order valence-electron chi connectivity index (χ0n) is 13.1. The second kappa shape index (κ2) is 7.79. The van der Waals surface area contributed by atoms with Crippen LogP contribution in [0.15, 0.2) is 42.6 Å². The molecule has 0 aliphatic rings. The van der Waals surface area contributed by atoms with Crippen LogP contribution in [0.25, 0.3) is 0 Å². The number of pyridine rings is 1. The Morgan fingerprint density at radius 1 is 1.14 bits per heavy atom. The lowest BCUT2D eigenvalue weighted by molar-refractivity contribution is 0.297. The number of para-hydroxylation sites is 1. The molecular formula is C18H24N2O. The van der Waals surface area contributed by atoms with Gasteiger partial charge in [-0.1, -0.05) is 45.0 Å². The fourth-order valence-corrected chi connectivity index (χ4v) is 2.16. The van der Waals surface area contributed by atoms with Gasteiger partial charge in [0.05, 0.1) is 5.69 Å². The van der Waals surface area contributed by atoms with E-state index in [2.05, 4.69) is 49.3 Å². The fraction of sp³-hybridized carbons (Fsp3) is 0.389. The topological polar surface area (TPSA) is 34.1 Å². The van der Waals surface area contributed by atoms with Crippen LogP contribution in [0.1, 0.15) is 43.5 Å². The highest BCUT2D eigenvalue weighted by molar-refractivity contribution is 5.35. The van der Waals surface area contributed by atoms with Crippen molar-refractivity contribution in [3.05, 3.63) is 59.4 Å². The molecule has 0 unspecified atom stereocenters. The van der Waals surface area contributed by atoms with Gasteiger partial charge in [0.15, 0.2) is 0 Å². The summed E-state index contributed by atoms with van der Waals surface area (Å²) in [5.41, 5.74) is 3.39. The zero-order valence-corrected chi connectivity index (χ0v) is 13.1. The lowest BCUT2D eigenvalue weighted by Gasteiger charge is -2.13. The van der Waals surface area contributed by atoms with E-state index in [0.29, 0.717) is 12.5 Å². The van der Waals surface area contributed by atoms with E-state index in [4.69, 9.17) is 4.74 Å². The summed E-state index contributed by atoms with van der Waals surface area (Å²) < 4.78 is 5.93. The SMILES string of the molecule is CCNCc1ccc(COc2ccccc2C(C)C)nc1. The van der Waals surface area contributed by atoms with Crippen molar-refractivity contribution in [3.63, 3.8) is 0 Å². The monoisotopic (exact) mass is 284 g/mol. The molecule has 1 aromatic carbocycles. The Morgan fingerprint density at radius 2 is 1.95 bits per heavy atom. The van der Waals surface area contributed by atoms with Gasteiger partial charge in [-0.25, -0.2) is 0 Å². The van der Waals surface area contributed by atoms with Crippen LogP contribution in [0.4, 0.5) is 0 Å². The molecule has 0 spiro atoms. The number of hydrogen-bond donors (Lipinski definition) is 1. The molecule has 0 fully saturated rings. The molecule has 0 atom stereocenters. The molecule has 3 heteroatoms. The summed E-state index contributed by atoms with van der Waals surface area (Å²) in [5.74, 6) is 1.41. The van der Waals surface area contributed by atoms with Gasteiger partial charge in [0.2, 0.25) is 0 Å². The predicted octanol–water partition coefficient (Wildman–Crippen LogP) is 3.89. The second-order valence-corrected chi connectivity index (χ2v) is 5.42. The van der Waals surface area contributed by atoms with Gasteiger partial charge in [0, 0.05) is 12.7 Å². The number of aromatic nitrogens is 1. The molecule has 0 bridgehead atoms. The maximum Gasteiger partial charge on any atom is 0.130 e. The average Bonchev–Trinajstić information content (AvgIpc) is 2.52. The molecule has 1 heterocycles. The van der Waals surface area contributed by atoms with Gasteiger partial charge in [-0.15, -0.1) is 0 Å². The summed E-state index contributed by atoms with van der Waals surface area (Å²) in [6, 6.07) is 12.3. The van der Waals surface area contributed by atoms with Gasteiger partial charge < -0.3 is 10.1 Å². The van der Waals surface area contributed by atoms with Crippen molar-refractivity contribution >= 4 is 0 Å². The van der Waals surface area contributed by atoms with Crippen molar-refractivity contribution < 1.29 is 4.74 Å². The van der Waals surface area contributed by atoms with Crippen LogP contribution < -0.4 is 10.1 Å². The third kappa shape index (κ3) is 4.57. The number of nitrogens with one attached hydrogen (secondary N) is 1. The number of hydrogen-bond acceptors (Lipinski definition) is 3. The molecular weight excluding hydrogens is 260 g/mol. The van der Waals surface area contributed by atoms with Gasteiger partial charge in [-0.05, 0) is 35.7 Å². The maximum atomic E-state index is 5.93. The van der Waals surface area contributed by atoms with Crippen molar-refractivity contribution in [2.75, 3.05) is 6.54 Å². The number of ether oxygens (including phenoxy) is 1. The van der Waals surface area contributed by atoms with Gasteiger partial charge >= 0.3 is 0 Å². The van der Waals surface area contributed by atoms with E-state index in [1.165, 1.54) is 11.1 Å². The summed E-state index contributed by atoms with van der Waals surface area (Å²) in [5, 5.41) is 3.29. The van der Waals surface area contributed by atoms with E-state index in [0.717, 1.165) is 24.5 Å². The first-order valence-corrected chi connectivity index (χ1v) is 7.57. The van der Waals surface area contributed by atoms with Gasteiger partial charge in [-0.3, -0.25) is 4.98 Å². The highest BCUT2D eigenvalue weighted by atomic mass is 16.5. The minimum absolute atomic E-state index is 0.455. The molecule has 0 saturated heterocycles. The molecule has 0 radical (unpaired) electrons. The lowest BCUT2D eigenvalue weighted by atomic mass is 10.0. The molecule has 3 nitrogen and oxygen atoms in total.